The van der Waals surface area contributed by atoms with Gasteiger partial charge in [-0.2, -0.15) is 0 Å². The molecular weight excluding hydrogens is 258 g/mol. The fraction of sp³-hybridized carbons (Fsp3) is 0.500. The number of pyridine rings is 1. The topological polar surface area (TPSA) is 91.3 Å². The van der Waals surface area contributed by atoms with E-state index in [0.717, 1.165) is 5.56 Å². The number of hydrogen-bond acceptors (Lipinski definition) is 3. The van der Waals surface area contributed by atoms with Crippen molar-refractivity contribution < 1.29 is 14.7 Å². The van der Waals surface area contributed by atoms with Gasteiger partial charge in [-0.25, -0.2) is 9.59 Å². The number of aromatic nitrogens is 1. The fourth-order valence-electron chi connectivity index (χ4n) is 1.82. The molecule has 1 unspecified atom stereocenters. The van der Waals surface area contributed by atoms with Crippen molar-refractivity contribution in [1.82, 2.24) is 15.6 Å². The van der Waals surface area contributed by atoms with Gasteiger partial charge in [0, 0.05) is 12.4 Å². The van der Waals surface area contributed by atoms with Gasteiger partial charge >= 0.3 is 12.0 Å². The van der Waals surface area contributed by atoms with Gasteiger partial charge in [0.15, 0.2) is 0 Å². The molecule has 1 rings (SSSR count). The van der Waals surface area contributed by atoms with Crippen LogP contribution in [0.3, 0.4) is 0 Å². The molecule has 2 amide bonds. The molecule has 0 spiro atoms. The van der Waals surface area contributed by atoms with E-state index in [0.29, 0.717) is 6.42 Å². The molecule has 0 bridgehead atoms. The zero-order valence-corrected chi connectivity index (χ0v) is 12.0. The van der Waals surface area contributed by atoms with E-state index in [-0.39, 0.29) is 12.0 Å². The van der Waals surface area contributed by atoms with Gasteiger partial charge in [0.2, 0.25) is 0 Å². The third kappa shape index (κ3) is 5.26. The third-order valence-corrected chi connectivity index (χ3v) is 2.86. The van der Waals surface area contributed by atoms with Gasteiger partial charge in [-0.1, -0.05) is 13.8 Å². The Kier molecular flexibility index (Phi) is 5.96. The number of aliphatic carboxylic acids is 1. The zero-order valence-electron chi connectivity index (χ0n) is 12.0. The van der Waals surface area contributed by atoms with Crippen LogP contribution in [0.4, 0.5) is 4.79 Å². The van der Waals surface area contributed by atoms with Gasteiger partial charge in [-0.15, -0.1) is 0 Å². The van der Waals surface area contributed by atoms with Crippen molar-refractivity contribution in [2.75, 3.05) is 0 Å². The minimum Gasteiger partial charge on any atom is -0.480 e. The van der Waals surface area contributed by atoms with E-state index in [4.69, 9.17) is 5.11 Å². The molecule has 1 aromatic rings. The number of carbonyl (C=O) groups excluding carboxylic acids is 1. The average Bonchev–Trinajstić information content (AvgIpc) is 2.38. The number of carboxylic acid groups (broad SMARTS) is 1. The van der Waals surface area contributed by atoms with Crippen LogP contribution in [0.5, 0.6) is 0 Å². The summed E-state index contributed by atoms with van der Waals surface area (Å²) >= 11 is 0. The van der Waals surface area contributed by atoms with Gasteiger partial charge in [0.25, 0.3) is 0 Å². The van der Waals surface area contributed by atoms with E-state index >= 15 is 0 Å². The predicted octanol–water partition coefficient (Wildman–Crippen LogP) is 1.94. The van der Waals surface area contributed by atoms with Crippen LogP contribution < -0.4 is 10.6 Å². The van der Waals surface area contributed by atoms with Crippen molar-refractivity contribution in [3.63, 3.8) is 0 Å². The second-order valence-electron chi connectivity index (χ2n) is 5.14. The molecule has 1 heterocycles. The number of rotatable bonds is 6. The highest BCUT2D eigenvalue weighted by atomic mass is 16.4. The summed E-state index contributed by atoms with van der Waals surface area (Å²) in [6.45, 7) is 5.65. The van der Waals surface area contributed by atoms with Gasteiger partial charge < -0.3 is 15.7 Å². The lowest BCUT2D eigenvalue weighted by atomic mass is 10.0. The summed E-state index contributed by atoms with van der Waals surface area (Å²) in [5, 5.41) is 14.3. The predicted molar refractivity (Wildman–Crippen MR) is 75.2 cm³/mol. The van der Waals surface area contributed by atoms with E-state index in [2.05, 4.69) is 15.6 Å². The van der Waals surface area contributed by atoms with Gasteiger partial charge in [0.1, 0.15) is 6.04 Å². The number of carbonyl (C=O) groups is 2. The minimum absolute atomic E-state index is 0.189. The largest absolute Gasteiger partial charge is 0.480 e. The molecule has 6 nitrogen and oxygen atoms in total. The van der Waals surface area contributed by atoms with E-state index in [1.165, 1.54) is 0 Å². The third-order valence-electron chi connectivity index (χ3n) is 2.86. The number of urea groups is 1. The molecule has 0 aliphatic heterocycles. The summed E-state index contributed by atoms with van der Waals surface area (Å²) in [5.74, 6) is -0.834. The molecule has 20 heavy (non-hydrogen) atoms. The first-order valence-corrected chi connectivity index (χ1v) is 6.60. The quantitative estimate of drug-likeness (QED) is 0.742. The molecule has 1 aromatic heterocycles. The summed E-state index contributed by atoms with van der Waals surface area (Å²) in [6.07, 6.45) is 3.68. The average molecular weight is 279 g/mol. The van der Waals surface area contributed by atoms with Crippen LogP contribution in [0.15, 0.2) is 24.5 Å². The summed E-state index contributed by atoms with van der Waals surface area (Å²) in [6, 6.07) is 2.02. The summed E-state index contributed by atoms with van der Waals surface area (Å²) in [7, 11) is 0. The van der Waals surface area contributed by atoms with Crippen LogP contribution in [0.25, 0.3) is 0 Å². The minimum atomic E-state index is -1.02. The Morgan fingerprint density at radius 2 is 1.80 bits per heavy atom. The molecule has 2 atom stereocenters. The normalized spacial score (nSPS) is 13.6. The molecule has 0 aliphatic carbocycles. The Balaban J connectivity index is 2.55. The van der Waals surface area contributed by atoms with Crippen LogP contribution in [0.2, 0.25) is 0 Å². The van der Waals surface area contributed by atoms with E-state index in [1.54, 1.807) is 24.5 Å². The maximum absolute atomic E-state index is 11.8. The van der Waals surface area contributed by atoms with E-state index in [9.17, 15) is 9.59 Å². The van der Waals surface area contributed by atoms with Crippen LogP contribution in [-0.4, -0.2) is 28.1 Å². The van der Waals surface area contributed by atoms with E-state index in [1.807, 2.05) is 20.8 Å². The van der Waals surface area contributed by atoms with Crippen LogP contribution >= 0.6 is 0 Å². The highest BCUT2D eigenvalue weighted by Crippen LogP contribution is 2.10. The second-order valence-corrected chi connectivity index (χ2v) is 5.14. The number of amides is 2. The van der Waals surface area contributed by atoms with Crippen LogP contribution in [-0.2, 0) is 4.79 Å². The van der Waals surface area contributed by atoms with Gasteiger partial charge in [-0.3, -0.25) is 4.98 Å². The highest BCUT2D eigenvalue weighted by molar-refractivity contribution is 5.82. The lowest BCUT2D eigenvalue weighted by Gasteiger charge is -2.19. The van der Waals surface area contributed by atoms with E-state index < -0.39 is 18.0 Å². The lowest BCUT2D eigenvalue weighted by Crippen LogP contribution is -2.47. The maximum atomic E-state index is 11.8. The van der Waals surface area contributed by atoms with Crippen LogP contribution in [0.1, 0.15) is 38.8 Å². The Hall–Kier alpha value is -2.11. The molecule has 0 saturated heterocycles. The maximum Gasteiger partial charge on any atom is 0.326 e. The highest BCUT2D eigenvalue weighted by Gasteiger charge is 2.21. The second kappa shape index (κ2) is 7.47. The monoisotopic (exact) mass is 279 g/mol. The summed E-state index contributed by atoms with van der Waals surface area (Å²) in [5.41, 5.74) is 0.908. The molecule has 0 aliphatic rings. The lowest BCUT2D eigenvalue weighted by molar-refractivity contribution is -0.139. The first-order chi connectivity index (χ1) is 9.40. The number of nitrogens with one attached hydrogen (secondary N) is 2. The molecule has 0 radical (unpaired) electrons. The Morgan fingerprint density at radius 1 is 1.20 bits per heavy atom. The SMILES string of the molecule is CC(C)C[C@H](NC(=O)NC(C)c1ccncc1)C(=O)O. The van der Waals surface area contributed by atoms with Crippen molar-refractivity contribution in [3.05, 3.63) is 30.1 Å². The smallest absolute Gasteiger partial charge is 0.326 e. The molecule has 110 valence electrons. The molecule has 0 fully saturated rings. The molecule has 0 aromatic carbocycles. The first-order valence-electron chi connectivity index (χ1n) is 6.60. The summed E-state index contributed by atoms with van der Waals surface area (Å²) < 4.78 is 0. The van der Waals surface area contributed by atoms with Crippen molar-refractivity contribution in [1.29, 1.82) is 0 Å². The zero-order chi connectivity index (χ0) is 15.1. The Morgan fingerprint density at radius 3 is 2.30 bits per heavy atom. The number of carboxylic acids is 1. The summed E-state index contributed by atoms with van der Waals surface area (Å²) in [4.78, 5) is 26.8. The van der Waals surface area contributed by atoms with Crippen molar-refractivity contribution in [2.24, 2.45) is 5.92 Å². The van der Waals surface area contributed by atoms with Crippen LogP contribution in [0, 0.1) is 5.92 Å². The van der Waals surface area contributed by atoms with Gasteiger partial charge in [0.05, 0.1) is 6.04 Å². The molecule has 3 N–H and O–H groups in total. The number of hydrogen-bond donors (Lipinski definition) is 3. The first kappa shape index (κ1) is 15.9. The fourth-order valence-corrected chi connectivity index (χ4v) is 1.82. The Bertz CT molecular complexity index is 448. The van der Waals surface area contributed by atoms with Crippen molar-refractivity contribution in [2.45, 2.75) is 39.3 Å². The molecule has 0 saturated carbocycles. The Labute approximate surface area is 118 Å². The number of nitrogens with zero attached hydrogens (tertiary/aromatic N) is 1. The van der Waals surface area contributed by atoms with Gasteiger partial charge in [-0.05, 0) is 37.0 Å². The molecular formula is C14H21N3O3. The van der Waals surface area contributed by atoms with Crippen molar-refractivity contribution >= 4 is 12.0 Å². The van der Waals surface area contributed by atoms with Crippen molar-refractivity contribution in [3.8, 4) is 0 Å². The molecule has 6 heteroatoms. The standard InChI is InChI=1S/C14H21N3O3/c1-9(2)8-12(13(18)19)17-14(20)16-10(3)11-4-6-15-7-5-11/h4-7,9-10,12H,8H2,1-3H3,(H,18,19)(H2,16,17,20)/t10?,12-/m0/s1.